The lowest BCUT2D eigenvalue weighted by Crippen LogP contribution is -2.44. The zero-order valence-corrected chi connectivity index (χ0v) is 9.35. The van der Waals surface area contributed by atoms with Crippen LogP contribution in [0.1, 0.15) is 33.6 Å². The van der Waals surface area contributed by atoms with Gasteiger partial charge in [-0.2, -0.15) is 0 Å². The molecule has 1 amide bonds. The fraction of sp³-hybridized carbons (Fsp3) is 0.800. The highest BCUT2D eigenvalue weighted by Crippen LogP contribution is 2.27. The molecular formula is C10H17F2NO2. The Morgan fingerprint density at radius 1 is 1.13 bits per heavy atom. The van der Waals surface area contributed by atoms with Crippen molar-refractivity contribution < 1.29 is 18.4 Å². The lowest BCUT2D eigenvalue weighted by molar-refractivity contribution is -0.147. The highest BCUT2D eigenvalue weighted by molar-refractivity contribution is 6.35. The molecule has 1 fully saturated rings. The number of rotatable bonds is 1. The minimum Gasteiger partial charge on any atom is -0.336 e. The third kappa shape index (κ3) is 4.36. The van der Waals surface area contributed by atoms with E-state index in [4.69, 9.17) is 0 Å². The Balaban J connectivity index is 0.000000921. The summed E-state index contributed by atoms with van der Waals surface area (Å²) in [4.78, 5) is 22.8. The smallest absolute Gasteiger partial charge is 0.289 e. The Labute approximate surface area is 88.4 Å². The second-order valence-electron chi connectivity index (χ2n) is 3.20. The number of ketones is 1. The van der Waals surface area contributed by atoms with Crippen molar-refractivity contribution in [1.29, 1.82) is 0 Å². The summed E-state index contributed by atoms with van der Waals surface area (Å²) in [6.07, 6.45) is -0.683. The van der Waals surface area contributed by atoms with E-state index in [9.17, 15) is 18.4 Å². The molecule has 1 aliphatic heterocycles. The standard InChI is InChI=1S/C8H11F2NO2.C2H6/c1-6(12)7(13)11-4-2-8(9,10)3-5-11;1-2/h2-5H2,1H3;1-2H3. The van der Waals surface area contributed by atoms with E-state index < -0.39 is 17.6 Å². The van der Waals surface area contributed by atoms with Crippen LogP contribution in [0.2, 0.25) is 0 Å². The molecular weight excluding hydrogens is 204 g/mol. The first-order valence-corrected chi connectivity index (χ1v) is 5.10. The summed E-state index contributed by atoms with van der Waals surface area (Å²) < 4.78 is 25.2. The van der Waals surface area contributed by atoms with Gasteiger partial charge in [0.15, 0.2) is 0 Å². The fourth-order valence-corrected chi connectivity index (χ4v) is 1.26. The van der Waals surface area contributed by atoms with Gasteiger partial charge in [0.05, 0.1) is 0 Å². The Kier molecular flexibility index (Phi) is 5.39. The van der Waals surface area contributed by atoms with Crippen molar-refractivity contribution in [2.75, 3.05) is 13.1 Å². The number of carbonyl (C=O) groups excluding carboxylic acids is 2. The molecule has 1 heterocycles. The number of piperidine rings is 1. The monoisotopic (exact) mass is 221 g/mol. The van der Waals surface area contributed by atoms with Crippen LogP contribution < -0.4 is 0 Å². The third-order valence-electron chi connectivity index (χ3n) is 2.08. The van der Waals surface area contributed by atoms with E-state index in [1.54, 1.807) is 0 Å². The second-order valence-corrected chi connectivity index (χ2v) is 3.20. The van der Waals surface area contributed by atoms with Crippen LogP contribution in [0.25, 0.3) is 0 Å². The molecule has 15 heavy (non-hydrogen) atoms. The molecule has 88 valence electrons. The van der Waals surface area contributed by atoms with Gasteiger partial charge in [0, 0.05) is 32.9 Å². The molecule has 0 bridgehead atoms. The summed E-state index contributed by atoms with van der Waals surface area (Å²) in [5, 5.41) is 0. The Hall–Kier alpha value is -1.00. The van der Waals surface area contributed by atoms with E-state index in [2.05, 4.69) is 0 Å². The predicted molar refractivity (Wildman–Crippen MR) is 52.8 cm³/mol. The first kappa shape index (κ1) is 14.0. The predicted octanol–water partition coefficient (Wildman–Crippen LogP) is 1.86. The quantitative estimate of drug-likeness (QED) is 0.634. The van der Waals surface area contributed by atoms with Gasteiger partial charge in [-0.1, -0.05) is 13.8 Å². The van der Waals surface area contributed by atoms with Crippen LogP contribution in [0.5, 0.6) is 0 Å². The van der Waals surface area contributed by atoms with Crippen molar-refractivity contribution in [3.05, 3.63) is 0 Å². The molecule has 0 aliphatic carbocycles. The van der Waals surface area contributed by atoms with Gasteiger partial charge in [0.2, 0.25) is 5.78 Å². The Morgan fingerprint density at radius 2 is 1.53 bits per heavy atom. The Morgan fingerprint density at radius 3 is 1.87 bits per heavy atom. The van der Waals surface area contributed by atoms with Crippen molar-refractivity contribution in [3.63, 3.8) is 0 Å². The van der Waals surface area contributed by atoms with Crippen LogP contribution in [-0.2, 0) is 9.59 Å². The van der Waals surface area contributed by atoms with Crippen molar-refractivity contribution in [2.24, 2.45) is 0 Å². The highest BCUT2D eigenvalue weighted by atomic mass is 19.3. The van der Waals surface area contributed by atoms with Crippen molar-refractivity contribution in [3.8, 4) is 0 Å². The van der Waals surface area contributed by atoms with Gasteiger partial charge in [0.25, 0.3) is 11.8 Å². The van der Waals surface area contributed by atoms with E-state index in [0.717, 1.165) is 6.92 Å². The van der Waals surface area contributed by atoms with Gasteiger partial charge in [-0.15, -0.1) is 0 Å². The zero-order chi connectivity index (χ0) is 12.1. The van der Waals surface area contributed by atoms with Crippen LogP contribution >= 0.6 is 0 Å². The number of amides is 1. The molecule has 0 aromatic carbocycles. The molecule has 5 heteroatoms. The number of nitrogens with zero attached hydrogens (tertiary/aromatic N) is 1. The number of hydrogen-bond acceptors (Lipinski definition) is 2. The SMILES string of the molecule is CC.CC(=O)C(=O)N1CCC(F)(F)CC1. The number of carbonyl (C=O) groups is 2. The second kappa shape index (κ2) is 5.78. The molecule has 1 aliphatic rings. The first-order valence-electron chi connectivity index (χ1n) is 5.10. The lowest BCUT2D eigenvalue weighted by Gasteiger charge is -2.30. The molecule has 1 rings (SSSR count). The first-order chi connectivity index (χ1) is 6.92. The van der Waals surface area contributed by atoms with E-state index >= 15 is 0 Å². The van der Waals surface area contributed by atoms with Gasteiger partial charge in [-0.25, -0.2) is 8.78 Å². The fourth-order valence-electron chi connectivity index (χ4n) is 1.26. The molecule has 0 aromatic heterocycles. The molecule has 0 radical (unpaired) electrons. The molecule has 0 spiro atoms. The van der Waals surface area contributed by atoms with Crippen LogP contribution in [0.4, 0.5) is 8.78 Å². The van der Waals surface area contributed by atoms with E-state index in [-0.39, 0.29) is 25.9 Å². The number of alkyl halides is 2. The summed E-state index contributed by atoms with van der Waals surface area (Å²) in [5.41, 5.74) is 0. The minimum absolute atomic E-state index is 0.0224. The van der Waals surface area contributed by atoms with E-state index in [1.807, 2.05) is 13.8 Å². The van der Waals surface area contributed by atoms with Crippen LogP contribution in [0.15, 0.2) is 0 Å². The Bertz CT molecular complexity index is 232. The summed E-state index contributed by atoms with van der Waals surface area (Å²) in [6, 6.07) is 0. The molecule has 0 N–H and O–H groups in total. The van der Waals surface area contributed by atoms with Crippen LogP contribution in [-0.4, -0.2) is 35.6 Å². The molecule has 0 atom stereocenters. The maximum absolute atomic E-state index is 12.6. The number of Topliss-reactive ketones (excluding diaryl/α,β-unsaturated/α-hetero) is 1. The molecule has 0 aromatic rings. The molecule has 1 saturated heterocycles. The van der Waals surface area contributed by atoms with Crippen molar-refractivity contribution in [2.45, 2.75) is 39.5 Å². The maximum atomic E-state index is 12.6. The molecule has 0 unspecified atom stereocenters. The van der Waals surface area contributed by atoms with E-state index in [0.29, 0.717) is 0 Å². The van der Waals surface area contributed by atoms with Gasteiger partial charge in [-0.3, -0.25) is 9.59 Å². The summed E-state index contributed by atoms with van der Waals surface area (Å²) in [6.45, 7) is 5.10. The van der Waals surface area contributed by atoms with Gasteiger partial charge in [0.1, 0.15) is 0 Å². The average molecular weight is 221 g/mol. The number of likely N-dealkylation sites (tertiary alicyclic amines) is 1. The van der Waals surface area contributed by atoms with Gasteiger partial charge in [-0.05, 0) is 0 Å². The van der Waals surface area contributed by atoms with Crippen molar-refractivity contribution >= 4 is 11.7 Å². The zero-order valence-electron chi connectivity index (χ0n) is 9.35. The minimum atomic E-state index is -2.67. The summed E-state index contributed by atoms with van der Waals surface area (Å²) in [5.74, 6) is -3.92. The topological polar surface area (TPSA) is 37.4 Å². The normalized spacial score (nSPS) is 18.9. The van der Waals surface area contributed by atoms with Gasteiger partial charge >= 0.3 is 0 Å². The molecule has 3 nitrogen and oxygen atoms in total. The van der Waals surface area contributed by atoms with Crippen LogP contribution in [0.3, 0.4) is 0 Å². The van der Waals surface area contributed by atoms with Gasteiger partial charge < -0.3 is 4.90 Å². The number of hydrogen-bond donors (Lipinski definition) is 0. The van der Waals surface area contributed by atoms with E-state index in [1.165, 1.54) is 4.90 Å². The van der Waals surface area contributed by atoms with Crippen molar-refractivity contribution in [1.82, 2.24) is 4.90 Å². The maximum Gasteiger partial charge on any atom is 0.289 e. The van der Waals surface area contributed by atoms with Crippen LogP contribution in [0, 0.1) is 0 Å². The summed E-state index contributed by atoms with van der Waals surface area (Å²) in [7, 11) is 0. The largest absolute Gasteiger partial charge is 0.336 e. The highest BCUT2D eigenvalue weighted by Gasteiger charge is 2.36. The number of halogens is 2. The lowest BCUT2D eigenvalue weighted by atomic mass is 10.1. The summed E-state index contributed by atoms with van der Waals surface area (Å²) >= 11 is 0. The third-order valence-corrected chi connectivity index (χ3v) is 2.08. The molecule has 0 saturated carbocycles. The average Bonchev–Trinajstić information content (AvgIpc) is 2.20.